The molecule has 0 saturated heterocycles. The molecule has 1 N–H and O–H groups in total. The van der Waals surface area contributed by atoms with Gasteiger partial charge in [0.25, 0.3) is 11.3 Å². The highest BCUT2D eigenvalue weighted by atomic mass is 79.9. The number of H-pyrrole nitrogens is 1. The lowest BCUT2D eigenvalue weighted by atomic mass is 9.77. The van der Waals surface area contributed by atoms with Crippen LogP contribution in [0.15, 0.2) is 27.5 Å². The van der Waals surface area contributed by atoms with Crippen molar-refractivity contribution in [3.63, 3.8) is 0 Å². The fourth-order valence-corrected chi connectivity index (χ4v) is 3.38. The third-order valence-electron chi connectivity index (χ3n) is 6.05. The van der Waals surface area contributed by atoms with E-state index in [-0.39, 0.29) is 28.2 Å². The number of aromatic nitrogens is 4. The zero-order valence-electron chi connectivity index (χ0n) is 18.2. The molecule has 0 spiro atoms. The SMILES string of the molecule is CCC(C)(C)c1ccc(C(C)(C)CC)c(Oc2nc3nc(C)c(Br)c(=O)n3[nH]2)c1. The lowest BCUT2D eigenvalue weighted by Gasteiger charge is -2.29. The molecule has 0 atom stereocenters. The number of aromatic amines is 1. The molecule has 0 bridgehead atoms. The van der Waals surface area contributed by atoms with Gasteiger partial charge in [-0.25, -0.2) is 10.1 Å². The Balaban J connectivity index is 2.14. The van der Waals surface area contributed by atoms with Crippen molar-refractivity contribution in [3.8, 4) is 11.8 Å². The van der Waals surface area contributed by atoms with Crippen molar-refractivity contribution < 1.29 is 4.74 Å². The van der Waals surface area contributed by atoms with E-state index in [4.69, 9.17) is 4.74 Å². The van der Waals surface area contributed by atoms with Gasteiger partial charge < -0.3 is 4.74 Å². The van der Waals surface area contributed by atoms with Crippen molar-refractivity contribution in [1.82, 2.24) is 19.6 Å². The zero-order chi connectivity index (χ0) is 21.6. The third-order valence-corrected chi connectivity index (χ3v) is 6.96. The van der Waals surface area contributed by atoms with E-state index >= 15 is 0 Å². The van der Waals surface area contributed by atoms with Crippen molar-refractivity contribution in [2.24, 2.45) is 0 Å². The second-order valence-electron chi connectivity index (χ2n) is 8.77. The summed E-state index contributed by atoms with van der Waals surface area (Å²) in [7, 11) is 0. The van der Waals surface area contributed by atoms with Crippen LogP contribution in [0.25, 0.3) is 5.78 Å². The second kappa shape index (κ2) is 7.59. The van der Waals surface area contributed by atoms with Gasteiger partial charge >= 0.3 is 6.01 Å². The largest absolute Gasteiger partial charge is 0.424 e. The Labute approximate surface area is 179 Å². The van der Waals surface area contributed by atoms with Crippen LogP contribution >= 0.6 is 15.9 Å². The molecule has 0 aliphatic heterocycles. The van der Waals surface area contributed by atoms with Crippen molar-refractivity contribution in [3.05, 3.63) is 49.8 Å². The molecule has 6 nitrogen and oxygen atoms in total. The lowest BCUT2D eigenvalue weighted by molar-refractivity contribution is 0.408. The van der Waals surface area contributed by atoms with Crippen LogP contribution in [0, 0.1) is 6.92 Å². The van der Waals surface area contributed by atoms with E-state index in [2.05, 4.69) is 90.7 Å². The van der Waals surface area contributed by atoms with Crippen molar-refractivity contribution in [1.29, 1.82) is 0 Å². The highest BCUT2D eigenvalue weighted by Gasteiger charge is 2.27. The van der Waals surface area contributed by atoms with Gasteiger partial charge in [-0.05, 0) is 58.2 Å². The highest BCUT2D eigenvalue weighted by Crippen LogP contribution is 2.39. The van der Waals surface area contributed by atoms with E-state index in [1.165, 1.54) is 10.1 Å². The summed E-state index contributed by atoms with van der Waals surface area (Å²) in [6, 6.07) is 6.68. The van der Waals surface area contributed by atoms with Gasteiger partial charge in [0.05, 0.1) is 5.69 Å². The number of halogens is 1. The Morgan fingerprint density at radius 3 is 2.38 bits per heavy atom. The van der Waals surface area contributed by atoms with Crippen LogP contribution in [0.5, 0.6) is 11.8 Å². The average molecular weight is 461 g/mol. The number of nitrogens with zero attached hydrogens (tertiary/aromatic N) is 3. The minimum atomic E-state index is -0.246. The maximum absolute atomic E-state index is 12.5. The number of hydrogen-bond acceptors (Lipinski definition) is 4. The summed E-state index contributed by atoms with van der Waals surface area (Å²) in [6.45, 7) is 15.0. The van der Waals surface area contributed by atoms with Gasteiger partial charge in [-0.2, -0.15) is 9.50 Å². The Hall–Kier alpha value is -2.15. The van der Waals surface area contributed by atoms with E-state index in [9.17, 15) is 4.79 Å². The van der Waals surface area contributed by atoms with Crippen LogP contribution in [0.2, 0.25) is 0 Å². The number of hydrogen-bond donors (Lipinski definition) is 1. The van der Waals surface area contributed by atoms with Crippen LogP contribution in [0.1, 0.15) is 71.2 Å². The highest BCUT2D eigenvalue weighted by molar-refractivity contribution is 9.10. The molecule has 0 unspecified atom stereocenters. The van der Waals surface area contributed by atoms with E-state index in [1.807, 2.05) is 0 Å². The van der Waals surface area contributed by atoms with Crippen LogP contribution in [0.3, 0.4) is 0 Å². The van der Waals surface area contributed by atoms with Gasteiger partial charge in [0.1, 0.15) is 10.2 Å². The van der Waals surface area contributed by atoms with Crippen LogP contribution in [-0.2, 0) is 10.8 Å². The molecule has 3 aromatic rings. The van der Waals surface area contributed by atoms with Crippen molar-refractivity contribution in [2.75, 3.05) is 0 Å². The summed E-state index contributed by atoms with van der Waals surface area (Å²) < 4.78 is 7.91. The first-order valence-corrected chi connectivity index (χ1v) is 10.8. The molecule has 0 saturated carbocycles. The minimum absolute atomic E-state index is 0.0291. The summed E-state index contributed by atoms with van der Waals surface area (Å²) in [6.07, 6.45) is 1.98. The molecule has 1 aromatic carbocycles. The van der Waals surface area contributed by atoms with E-state index in [0.29, 0.717) is 10.2 Å². The Kier molecular flexibility index (Phi) is 5.64. The summed E-state index contributed by atoms with van der Waals surface area (Å²) in [5.41, 5.74) is 2.62. The summed E-state index contributed by atoms with van der Waals surface area (Å²) in [5.74, 6) is 1.03. The predicted octanol–water partition coefficient (Wildman–Crippen LogP) is 5.66. The minimum Gasteiger partial charge on any atom is -0.424 e. The number of rotatable bonds is 6. The molecular formula is C22H29BrN4O2. The molecule has 0 radical (unpaired) electrons. The van der Waals surface area contributed by atoms with E-state index in [0.717, 1.165) is 24.2 Å². The first-order chi connectivity index (χ1) is 13.5. The molecule has 29 heavy (non-hydrogen) atoms. The molecule has 0 aliphatic rings. The molecule has 7 heteroatoms. The number of benzene rings is 1. The van der Waals surface area contributed by atoms with Gasteiger partial charge in [-0.15, -0.1) is 0 Å². The number of nitrogens with one attached hydrogen (secondary N) is 1. The fourth-order valence-electron chi connectivity index (χ4n) is 3.11. The topological polar surface area (TPSA) is 72.3 Å². The molecule has 3 rings (SSSR count). The van der Waals surface area contributed by atoms with Crippen LogP contribution < -0.4 is 10.3 Å². The van der Waals surface area contributed by atoms with Gasteiger partial charge in [0, 0.05) is 5.56 Å². The second-order valence-corrected chi connectivity index (χ2v) is 9.56. The van der Waals surface area contributed by atoms with Gasteiger partial charge in [0.2, 0.25) is 0 Å². The maximum Gasteiger partial charge on any atom is 0.318 e. The predicted molar refractivity (Wildman–Crippen MR) is 119 cm³/mol. The summed E-state index contributed by atoms with van der Waals surface area (Å²) in [4.78, 5) is 21.2. The molecule has 0 amide bonds. The Bertz CT molecular complexity index is 1110. The van der Waals surface area contributed by atoms with Crippen molar-refractivity contribution in [2.45, 2.75) is 72.1 Å². The van der Waals surface area contributed by atoms with Crippen molar-refractivity contribution >= 4 is 21.7 Å². The van der Waals surface area contributed by atoms with Crippen LogP contribution in [0.4, 0.5) is 0 Å². The zero-order valence-corrected chi connectivity index (χ0v) is 19.8. The fraction of sp³-hybridized carbons (Fsp3) is 0.500. The van der Waals surface area contributed by atoms with Gasteiger partial charge in [-0.3, -0.25) is 4.79 Å². The van der Waals surface area contributed by atoms with Gasteiger partial charge in [-0.1, -0.05) is 53.7 Å². The van der Waals surface area contributed by atoms with Crippen LogP contribution in [-0.4, -0.2) is 19.6 Å². The first kappa shape index (κ1) is 21.6. The lowest BCUT2D eigenvalue weighted by Crippen LogP contribution is -2.20. The Morgan fingerprint density at radius 2 is 1.76 bits per heavy atom. The molecular weight excluding hydrogens is 432 g/mol. The molecule has 0 fully saturated rings. The molecule has 0 aliphatic carbocycles. The first-order valence-electron chi connectivity index (χ1n) is 9.98. The van der Waals surface area contributed by atoms with E-state index in [1.54, 1.807) is 6.92 Å². The maximum atomic E-state index is 12.5. The smallest absolute Gasteiger partial charge is 0.318 e. The van der Waals surface area contributed by atoms with E-state index < -0.39 is 0 Å². The number of fused-ring (bicyclic) bond motifs is 1. The van der Waals surface area contributed by atoms with Gasteiger partial charge in [0.15, 0.2) is 0 Å². The number of aryl methyl sites for hydroxylation is 1. The molecule has 156 valence electrons. The molecule has 2 aromatic heterocycles. The summed E-state index contributed by atoms with van der Waals surface area (Å²) in [5, 5.41) is 2.93. The Morgan fingerprint density at radius 1 is 1.10 bits per heavy atom. The monoisotopic (exact) mass is 460 g/mol. The number of ether oxygens (including phenoxy) is 1. The standard InChI is InChI=1S/C22H29BrN4O2/c1-8-21(4,5)14-10-11-15(22(6,7)9-2)16(12-14)29-20-25-19-24-13(3)17(23)18(28)27(19)26-20/h10-12H,8-9H2,1-7H3,(H,24,25,26). The molecule has 2 heterocycles. The average Bonchev–Trinajstić information content (AvgIpc) is 3.08. The summed E-state index contributed by atoms with van der Waals surface area (Å²) >= 11 is 3.28. The third kappa shape index (κ3) is 3.97. The normalized spacial score (nSPS) is 12.6. The quantitative estimate of drug-likeness (QED) is 0.515.